The van der Waals surface area contributed by atoms with Crippen LogP contribution in [0.15, 0.2) is 36.5 Å². The molecule has 0 aliphatic rings. The topological polar surface area (TPSA) is 91.3 Å². The average molecular weight is 273 g/mol. The Bertz CT molecular complexity index is 637. The molecule has 1 aromatic heterocycles. The van der Waals surface area contributed by atoms with Crippen molar-refractivity contribution in [2.75, 3.05) is 11.9 Å². The second kappa shape index (κ2) is 6.01. The summed E-state index contributed by atoms with van der Waals surface area (Å²) in [5, 5.41) is 14.8. The molecule has 2 amide bonds. The lowest BCUT2D eigenvalue weighted by Gasteiger charge is -2.11. The van der Waals surface area contributed by atoms with Gasteiger partial charge in [-0.25, -0.2) is 4.79 Å². The molecule has 6 nitrogen and oxygen atoms in total. The van der Waals surface area contributed by atoms with Crippen molar-refractivity contribution in [3.8, 4) is 0 Å². The van der Waals surface area contributed by atoms with Crippen LogP contribution in [0, 0.1) is 5.92 Å². The molecule has 1 unspecified atom stereocenters. The number of aliphatic carboxylic acids is 1. The van der Waals surface area contributed by atoms with Crippen molar-refractivity contribution in [1.82, 2.24) is 10.3 Å². The minimum atomic E-state index is -0.945. The van der Waals surface area contributed by atoms with Gasteiger partial charge in [-0.1, -0.05) is 13.0 Å². The van der Waals surface area contributed by atoms with E-state index in [2.05, 4.69) is 15.6 Å². The molecular weight excluding hydrogens is 258 g/mol. The lowest BCUT2D eigenvalue weighted by atomic mass is 10.2. The standard InChI is InChI=1S/C14H15N3O3/c1-9(13(18)19)8-16-14(20)17-12-6-2-5-11-10(12)4-3-7-15-11/h2-7,9H,8H2,1H3,(H,18,19)(H2,16,17,20). The Labute approximate surface area is 115 Å². The zero-order valence-electron chi connectivity index (χ0n) is 11.0. The third-order valence-corrected chi connectivity index (χ3v) is 2.88. The van der Waals surface area contributed by atoms with Gasteiger partial charge in [0.15, 0.2) is 0 Å². The Balaban J connectivity index is 2.05. The Morgan fingerprint density at radius 1 is 1.30 bits per heavy atom. The predicted molar refractivity (Wildman–Crippen MR) is 75.6 cm³/mol. The van der Waals surface area contributed by atoms with E-state index in [-0.39, 0.29) is 6.54 Å². The van der Waals surface area contributed by atoms with Crippen molar-refractivity contribution in [3.05, 3.63) is 36.5 Å². The summed E-state index contributed by atoms with van der Waals surface area (Å²) < 4.78 is 0. The summed E-state index contributed by atoms with van der Waals surface area (Å²) in [5.41, 5.74) is 1.42. The Morgan fingerprint density at radius 3 is 2.85 bits per heavy atom. The summed E-state index contributed by atoms with van der Waals surface area (Å²) >= 11 is 0. The number of aromatic nitrogens is 1. The van der Waals surface area contributed by atoms with Crippen LogP contribution in [0.5, 0.6) is 0 Å². The van der Waals surface area contributed by atoms with Crippen LogP contribution >= 0.6 is 0 Å². The predicted octanol–water partition coefficient (Wildman–Crippen LogP) is 2.08. The monoisotopic (exact) mass is 273 g/mol. The molecule has 20 heavy (non-hydrogen) atoms. The van der Waals surface area contributed by atoms with Crippen molar-refractivity contribution in [1.29, 1.82) is 0 Å². The van der Waals surface area contributed by atoms with Gasteiger partial charge in [0.25, 0.3) is 0 Å². The van der Waals surface area contributed by atoms with E-state index in [9.17, 15) is 9.59 Å². The molecule has 0 aliphatic carbocycles. The number of urea groups is 1. The number of benzene rings is 1. The number of nitrogens with zero attached hydrogens (tertiary/aromatic N) is 1. The maximum Gasteiger partial charge on any atom is 0.319 e. The van der Waals surface area contributed by atoms with E-state index in [1.165, 1.54) is 6.92 Å². The van der Waals surface area contributed by atoms with Gasteiger partial charge < -0.3 is 15.7 Å². The van der Waals surface area contributed by atoms with E-state index in [1.54, 1.807) is 24.4 Å². The first-order valence-corrected chi connectivity index (χ1v) is 6.19. The van der Waals surface area contributed by atoms with Gasteiger partial charge >= 0.3 is 12.0 Å². The fraction of sp³-hybridized carbons (Fsp3) is 0.214. The van der Waals surface area contributed by atoms with Crippen molar-refractivity contribution < 1.29 is 14.7 Å². The highest BCUT2D eigenvalue weighted by Gasteiger charge is 2.12. The molecule has 1 heterocycles. The molecule has 0 radical (unpaired) electrons. The molecular formula is C14H15N3O3. The second-order valence-corrected chi connectivity index (χ2v) is 4.45. The SMILES string of the molecule is CC(CNC(=O)Nc1cccc2ncccc12)C(=O)O. The van der Waals surface area contributed by atoms with Crippen LogP contribution in [0.25, 0.3) is 10.9 Å². The van der Waals surface area contributed by atoms with E-state index in [4.69, 9.17) is 5.11 Å². The quantitative estimate of drug-likeness (QED) is 0.795. The third kappa shape index (κ3) is 3.23. The van der Waals surface area contributed by atoms with Gasteiger partial charge in [0.05, 0.1) is 17.1 Å². The molecule has 0 bridgehead atoms. The van der Waals surface area contributed by atoms with Gasteiger partial charge in [0.2, 0.25) is 0 Å². The smallest absolute Gasteiger partial charge is 0.319 e. The first-order chi connectivity index (χ1) is 9.58. The summed E-state index contributed by atoms with van der Waals surface area (Å²) in [6.45, 7) is 1.61. The van der Waals surface area contributed by atoms with Gasteiger partial charge in [-0.2, -0.15) is 0 Å². The first kappa shape index (κ1) is 13.8. The Kier molecular flexibility index (Phi) is 4.14. The molecule has 0 saturated carbocycles. The number of anilines is 1. The molecule has 6 heteroatoms. The average Bonchev–Trinajstić information content (AvgIpc) is 2.45. The zero-order valence-corrected chi connectivity index (χ0v) is 11.0. The summed E-state index contributed by atoms with van der Waals surface area (Å²) in [7, 11) is 0. The van der Waals surface area contributed by atoms with Crippen molar-refractivity contribution in [3.63, 3.8) is 0 Å². The van der Waals surface area contributed by atoms with Gasteiger partial charge in [-0.15, -0.1) is 0 Å². The second-order valence-electron chi connectivity index (χ2n) is 4.45. The highest BCUT2D eigenvalue weighted by Crippen LogP contribution is 2.20. The van der Waals surface area contributed by atoms with E-state index < -0.39 is 17.9 Å². The van der Waals surface area contributed by atoms with Crippen LogP contribution in [0.4, 0.5) is 10.5 Å². The van der Waals surface area contributed by atoms with Crippen LogP contribution in [0.3, 0.4) is 0 Å². The molecule has 0 saturated heterocycles. The number of nitrogens with one attached hydrogen (secondary N) is 2. The first-order valence-electron chi connectivity index (χ1n) is 6.19. The minimum absolute atomic E-state index is 0.0736. The lowest BCUT2D eigenvalue weighted by molar-refractivity contribution is -0.140. The maximum absolute atomic E-state index is 11.7. The number of amides is 2. The summed E-state index contributed by atoms with van der Waals surface area (Å²) in [5.74, 6) is -1.57. The summed E-state index contributed by atoms with van der Waals surface area (Å²) in [6, 6.07) is 8.63. The van der Waals surface area contributed by atoms with E-state index in [0.717, 1.165) is 10.9 Å². The van der Waals surface area contributed by atoms with Gasteiger partial charge in [0, 0.05) is 18.1 Å². The van der Waals surface area contributed by atoms with Crippen LogP contribution in [-0.2, 0) is 4.79 Å². The van der Waals surface area contributed by atoms with E-state index >= 15 is 0 Å². The van der Waals surface area contributed by atoms with Crippen LogP contribution < -0.4 is 10.6 Å². The highest BCUT2D eigenvalue weighted by molar-refractivity contribution is 6.00. The molecule has 2 aromatic rings. The number of hydrogen-bond acceptors (Lipinski definition) is 3. The van der Waals surface area contributed by atoms with Crippen LogP contribution in [0.2, 0.25) is 0 Å². The number of fused-ring (bicyclic) bond motifs is 1. The Hall–Kier alpha value is -2.63. The highest BCUT2D eigenvalue weighted by atomic mass is 16.4. The largest absolute Gasteiger partial charge is 0.481 e. The third-order valence-electron chi connectivity index (χ3n) is 2.88. The number of pyridine rings is 1. The molecule has 1 atom stereocenters. The number of carboxylic acids is 1. The number of carbonyl (C=O) groups excluding carboxylic acids is 1. The normalized spacial score (nSPS) is 11.8. The fourth-order valence-electron chi connectivity index (χ4n) is 1.71. The molecule has 0 spiro atoms. The van der Waals surface area contributed by atoms with Crippen molar-refractivity contribution in [2.24, 2.45) is 5.92 Å². The van der Waals surface area contributed by atoms with Crippen molar-refractivity contribution >= 4 is 28.6 Å². The molecule has 1 aromatic carbocycles. The number of rotatable bonds is 4. The van der Waals surface area contributed by atoms with Crippen LogP contribution in [-0.4, -0.2) is 28.6 Å². The zero-order chi connectivity index (χ0) is 14.5. The van der Waals surface area contributed by atoms with E-state index in [1.807, 2.05) is 12.1 Å². The number of carbonyl (C=O) groups is 2. The van der Waals surface area contributed by atoms with Gasteiger partial charge in [-0.05, 0) is 24.3 Å². The van der Waals surface area contributed by atoms with Gasteiger partial charge in [-0.3, -0.25) is 9.78 Å². The number of hydrogen-bond donors (Lipinski definition) is 3. The minimum Gasteiger partial charge on any atom is -0.481 e. The molecule has 104 valence electrons. The van der Waals surface area contributed by atoms with E-state index in [0.29, 0.717) is 5.69 Å². The molecule has 0 aliphatic heterocycles. The summed E-state index contributed by atoms with van der Waals surface area (Å²) in [4.78, 5) is 26.6. The van der Waals surface area contributed by atoms with Crippen molar-refractivity contribution in [2.45, 2.75) is 6.92 Å². The maximum atomic E-state index is 11.7. The Morgan fingerprint density at radius 2 is 2.10 bits per heavy atom. The molecule has 2 rings (SSSR count). The summed E-state index contributed by atoms with van der Waals surface area (Å²) in [6.07, 6.45) is 1.68. The van der Waals surface area contributed by atoms with Crippen LogP contribution in [0.1, 0.15) is 6.92 Å². The molecule has 3 N–H and O–H groups in total. The fourth-order valence-corrected chi connectivity index (χ4v) is 1.71. The van der Waals surface area contributed by atoms with Gasteiger partial charge in [0.1, 0.15) is 0 Å². The number of carboxylic acid groups (broad SMARTS) is 1. The molecule has 0 fully saturated rings. The lowest BCUT2D eigenvalue weighted by Crippen LogP contribution is -2.34.